The minimum absolute atomic E-state index is 0.685. The molecule has 0 rings (SSSR count). The lowest BCUT2D eigenvalue weighted by molar-refractivity contribution is -0.184. The number of ether oxygens (including phenoxy) is 2. The standard InChI is InChI=1S/C27H44F6N4O7/c1-13(2)17(21(40)43-24(5,6)7)36-19(38)15(26(28,29)30)11-34-23(42)35-12-16(27(31,32)33)20(39)37-18(14(3)4)22(41)44-25(8,9)10/h13-18H,11-12H2,1-10H3,(H,36,38)(H,37,39)(H2,34,35,42)/t15-,16-,17-,18-/m0/s1. The van der Waals surface area contributed by atoms with Crippen LogP contribution in [0.3, 0.4) is 0 Å². The number of hydrogen-bond acceptors (Lipinski definition) is 7. The summed E-state index contributed by atoms with van der Waals surface area (Å²) < 4.78 is 92.4. The Bertz CT molecular complexity index is 940. The molecule has 256 valence electrons. The van der Waals surface area contributed by atoms with Gasteiger partial charge in [-0.05, 0) is 53.4 Å². The molecular weight excluding hydrogens is 606 g/mol. The number of amides is 4. The van der Waals surface area contributed by atoms with Crippen LogP contribution >= 0.6 is 0 Å². The quantitative estimate of drug-likeness (QED) is 0.186. The molecule has 0 saturated carbocycles. The topological polar surface area (TPSA) is 152 Å². The summed E-state index contributed by atoms with van der Waals surface area (Å²) in [5, 5.41) is 7.26. The van der Waals surface area contributed by atoms with E-state index >= 15 is 0 Å². The summed E-state index contributed by atoms with van der Waals surface area (Å²) in [4.78, 5) is 62.0. The van der Waals surface area contributed by atoms with Crippen LogP contribution in [0.1, 0.15) is 69.2 Å². The third kappa shape index (κ3) is 14.9. The predicted molar refractivity (Wildman–Crippen MR) is 146 cm³/mol. The number of hydrogen-bond donors (Lipinski definition) is 4. The van der Waals surface area contributed by atoms with Crippen LogP contribution in [-0.2, 0) is 28.7 Å². The van der Waals surface area contributed by atoms with Gasteiger partial charge in [0, 0.05) is 13.1 Å². The highest BCUT2D eigenvalue weighted by Crippen LogP contribution is 2.28. The monoisotopic (exact) mass is 650 g/mol. The summed E-state index contributed by atoms with van der Waals surface area (Å²) in [6.07, 6.45) is -10.5. The van der Waals surface area contributed by atoms with E-state index in [4.69, 9.17) is 9.47 Å². The van der Waals surface area contributed by atoms with Crippen molar-refractivity contribution in [3.8, 4) is 0 Å². The van der Waals surface area contributed by atoms with Crippen LogP contribution in [0.25, 0.3) is 0 Å². The Labute approximate surface area is 252 Å². The van der Waals surface area contributed by atoms with Crippen molar-refractivity contribution in [2.24, 2.45) is 23.7 Å². The van der Waals surface area contributed by atoms with Gasteiger partial charge in [-0.25, -0.2) is 14.4 Å². The van der Waals surface area contributed by atoms with E-state index < -0.39 is 102 Å². The highest BCUT2D eigenvalue weighted by Gasteiger charge is 2.48. The fraction of sp³-hybridized carbons (Fsp3) is 0.815. The molecule has 17 heteroatoms. The van der Waals surface area contributed by atoms with Crippen LogP contribution in [0.2, 0.25) is 0 Å². The zero-order valence-corrected chi connectivity index (χ0v) is 26.5. The first-order valence-corrected chi connectivity index (χ1v) is 13.8. The molecule has 0 fully saturated rings. The van der Waals surface area contributed by atoms with Crippen molar-refractivity contribution >= 4 is 29.8 Å². The van der Waals surface area contributed by atoms with Gasteiger partial charge < -0.3 is 30.7 Å². The number of carbonyl (C=O) groups is 5. The first-order chi connectivity index (χ1) is 19.6. The average Bonchev–Trinajstić information content (AvgIpc) is 2.76. The zero-order chi connectivity index (χ0) is 35.0. The van der Waals surface area contributed by atoms with Gasteiger partial charge >= 0.3 is 30.3 Å². The van der Waals surface area contributed by atoms with E-state index in [0.717, 1.165) is 0 Å². The fourth-order valence-corrected chi connectivity index (χ4v) is 3.40. The second kappa shape index (κ2) is 15.6. The highest BCUT2D eigenvalue weighted by atomic mass is 19.4. The SMILES string of the molecule is CC(C)[C@H](NC(=O)[C@H](CNC(=O)NC[C@@H](C(=O)N[C@H](C(=O)OC(C)(C)C)C(C)C)C(F)(F)F)C(F)(F)F)C(=O)OC(C)(C)C. The molecule has 0 spiro atoms. The van der Waals surface area contributed by atoms with Gasteiger partial charge in [0.15, 0.2) is 11.8 Å². The fourth-order valence-electron chi connectivity index (χ4n) is 3.40. The highest BCUT2D eigenvalue weighted by molar-refractivity contribution is 5.88. The lowest BCUT2D eigenvalue weighted by Gasteiger charge is -2.29. The lowest BCUT2D eigenvalue weighted by atomic mass is 10.0. The minimum Gasteiger partial charge on any atom is -0.458 e. The van der Waals surface area contributed by atoms with E-state index in [0.29, 0.717) is 0 Å². The summed E-state index contributed by atoms with van der Waals surface area (Å²) in [7, 11) is 0. The van der Waals surface area contributed by atoms with Crippen molar-refractivity contribution in [3.05, 3.63) is 0 Å². The maximum atomic E-state index is 13.7. The van der Waals surface area contributed by atoms with Gasteiger partial charge in [-0.1, -0.05) is 27.7 Å². The van der Waals surface area contributed by atoms with Gasteiger partial charge in [-0.2, -0.15) is 26.3 Å². The first kappa shape index (κ1) is 40.7. The summed E-state index contributed by atoms with van der Waals surface area (Å²) in [6.45, 7) is 12.1. The molecule has 0 aliphatic heterocycles. The molecule has 11 nitrogen and oxygen atoms in total. The van der Waals surface area contributed by atoms with Crippen molar-refractivity contribution in [1.29, 1.82) is 0 Å². The Kier molecular flexibility index (Phi) is 14.5. The number of halogens is 6. The average molecular weight is 651 g/mol. The molecule has 44 heavy (non-hydrogen) atoms. The summed E-state index contributed by atoms with van der Waals surface area (Å²) in [5.41, 5.74) is -2.01. The van der Waals surface area contributed by atoms with E-state index in [1.54, 1.807) is 10.6 Å². The molecule has 0 aromatic heterocycles. The first-order valence-electron chi connectivity index (χ1n) is 13.8. The van der Waals surface area contributed by atoms with Crippen LogP contribution in [0.5, 0.6) is 0 Å². The zero-order valence-electron chi connectivity index (χ0n) is 26.5. The maximum absolute atomic E-state index is 13.7. The Morgan fingerprint density at radius 1 is 0.568 bits per heavy atom. The van der Waals surface area contributed by atoms with Crippen molar-refractivity contribution in [2.45, 2.75) is 105 Å². The number of esters is 2. The summed E-state index contributed by atoms with van der Waals surface area (Å²) in [5.74, 6) is -12.5. The smallest absolute Gasteiger partial charge is 0.402 e. The third-order valence-corrected chi connectivity index (χ3v) is 5.61. The van der Waals surface area contributed by atoms with E-state index in [1.165, 1.54) is 69.2 Å². The molecule has 0 bridgehead atoms. The van der Waals surface area contributed by atoms with E-state index in [9.17, 15) is 50.3 Å². The maximum Gasteiger partial charge on any atom is 0.402 e. The third-order valence-electron chi connectivity index (χ3n) is 5.61. The molecule has 0 aliphatic carbocycles. The van der Waals surface area contributed by atoms with Gasteiger partial charge in [0.1, 0.15) is 23.3 Å². The number of alkyl halides is 6. The Morgan fingerprint density at radius 2 is 0.841 bits per heavy atom. The van der Waals surface area contributed by atoms with Gasteiger partial charge in [0.05, 0.1) is 0 Å². The van der Waals surface area contributed by atoms with Crippen LogP contribution in [0.15, 0.2) is 0 Å². The Hall–Kier alpha value is -3.27. The van der Waals surface area contributed by atoms with Crippen molar-refractivity contribution in [2.75, 3.05) is 13.1 Å². The second-order valence-corrected chi connectivity index (χ2v) is 12.8. The van der Waals surface area contributed by atoms with Gasteiger partial charge in [-0.15, -0.1) is 0 Å². The minimum atomic E-state index is -5.23. The van der Waals surface area contributed by atoms with E-state index in [-0.39, 0.29) is 0 Å². The van der Waals surface area contributed by atoms with Gasteiger partial charge in [-0.3, -0.25) is 9.59 Å². The lowest BCUT2D eigenvalue weighted by Crippen LogP contribution is -2.55. The van der Waals surface area contributed by atoms with E-state index in [1.807, 2.05) is 10.6 Å². The molecular formula is C27H44F6N4O7. The predicted octanol–water partition coefficient (Wildman–Crippen LogP) is 3.61. The molecule has 4 atom stereocenters. The van der Waals surface area contributed by atoms with Gasteiger partial charge in [0.25, 0.3) is 0 Å². The van der Waals surface area contributed by atoms with E-state index in [2.05, 4.69) is 0 Å². The molecule has 0 aromatic carbocycles. The van der Waals surface area contributed by atoms with Crippen molar-refractivity contribution in [3.63, 3.8) is 0 Å². The van der Waals surface area contributed by atoms with Crippen molar-refractivity contribution < 1.29 is 59.8 Å². The molecule has 4 amide bonds. The molecule has 0 radical (unpaired) electrons. The Balaban J connectivity index is 5.58. The van der Waals surface area contributed by atoms with Crippen LogP contribution in [-0.4, -0.2) is 78.5 Å². The number of nitrogens with one attached hydrogen (secondary N) is 4. The second-order valence-electron chi connectivity index (χ2n) is 12.8. The molecule has 4 N–H and O–H groups in total. The normalized spacial score (nSPS) is 15.5. The van der Waals surface area contributed by atoms with Crippen molar-refractivity contribution in [1.82, 2.24) is 21.3 Å². The summed E-state index contributed by atoms with van der Waals surface area (Å²) in [6, 6.07) is -4.49. The number of carbonyl (C=O) groups excluding carboxylic acids is 5. The number of urea groups is 1. The molecule has 0 aromatic rings. The number of rotatable bonds is 12. The van der Waals surface area contributed by atoms with Crippen LogP contribution in [0.4, 0.5) is 31.1 Å². The van der Waals surface area contributed by atoms with Gasteiger partial charge in [0.2, 0.25) is 11.8 Å². The molecule has 0 heterocycles. The Morgan fingerprint density at radius 3 is 1.05 bits per heavy atom. The molecule has 0 unspecified atom stereocenters. The van der Waals surface area contributed by atoms with Crippen LogP contribution < -0.4 is 21.3 Å². The molecule has 0 aliphatic rings. The largest absolute Gasteiger partial charge is 0.458 e. The summed E-state index contributed by atoms with van der Waals surface area (Å²) >= 11 is 0. The molecule has 0 saturated heterocycles. The van der Waals surface area contributed by atoms with Crippen LogP contribution in [0, 0.1) is 23.7 Å².